The molecule has 7 heteroatoms. The Morgan fingerprint density at radius 3 is 2.54 bits per heavy atom. The number of esters is 1. The first-order chi connectivity index (χ1) is 11.2. The fourth-order valence-corrected chi connectivity index (χ4v) is 2.78. The fourth-order valence-electron chi connectivity index (χ4n) is 2.78. The molecule has 0 bridgehead atoms. The van der Waals surface area contributed by atoms with Gasteiger partial charge in [-0.1, -0.05) is 6.58 Å². The van der Waals surface area contributed by atoms with Crippen molar-refractivity contribution in [2.45, 2.75) is 64.0 Å². The van der Waals surface area contributed by atoms with Gasteiger partial charge in [0.15, 0.2) is 11.6 Å². The SMILES string of the molecule is C=CC(=O)OCCCOCC1OC(C)(C)OC1C1COC(C)(C)O1. The van der Waals surface area contributed by atoms with Gasteiger partial charge in [-0.2, -0.15) is 0 Å². The van der Waals surface area contributed by atoms with Crippen LogP contribution in [0, 0.1) is 0 Å². The van der Waals surface area contributed by atoms with Crippen molar-refractivity contribution in [2.75, 3.05) is 26.4 Å². The first kappa shape index (κ1) is 19.3. The Kier molecular flexibility index (Phi) is 6.39. The molecule has 2 aliphatic rings. The molecule has 0 N–H and O–H groups in total. The molecule has 138 valence electrons. The van der Waals surface area contributed by atoms with Gasteiger partial charge in [0, 0.05) is 19.1 Å². The molecule has 0 spiro atoms. The standard InChI is InChI=1S/C17H28O7/c1-6-14(18)20-9-7-8-19-10-12-15(24-17(4,5)23-12)13-11-21-16(2,3)22-13/h6,12-13,15H,1,7-11H2,2-5H3. The van der Waals surface area contributed by atoms with Crippen molar-refractivity contribution in [2.24, 2.45) is 0 Å². The highest BCUT2D eigenvalue weighted by molar-refractivity contribution is 5.81. The molecule has 2 saturated heterocycles. The van der Waals surface area contributed by atoms with Crippen molar-refractivity contribution < 1.29 is 33.2 Å². The minimum Gasteiger partial charge on any atom is -0.462 e. The molecular formula is C17H28O7. The summed E-state index contributed by atoms with van der Waals surface area (Å²) in [5, 5.41) is 0. The van der Waals surface area contributed by atoms with Gasteiger partial charge in [0.2, 0.25) is 0 Å². The van der Waals surface area contributed by atoms with Crippen LogP contribution in [0.3, 0.4) is 0 Å². The molecule has 2 fully saturated rings. The van der Waals surface area contributed by atoms with Crippen LogP contribution in [0.4, 0.5) is 0 Å². The Bertz CT molecular complexity index is 446. The third kappa shape index (κ3) is 5.53. The van der Waals surface area contributed by atoms with Gasteiger partial charge in [-0.25, -0.2) is 4.79 Å². The molecule has 24 heavy (non-hydrogen) atoms. The van der Waals surface area contributed by atoms with Gasteiger partial charge >= 0.3 is 5.97 Å². The maximum absolute atomic E-state index is 10.9. The highest BCUT2D eigenvalue weighted by atomic mass is 16.8. The molecule has 0 aromatic rings. The minimum absolute atomic E-state index is 0.191. The van der Waals surface area contributed by atoms with E-state index in [2.05, 4.69) is 6.58 Å². The minimum atomic E-state index is -0.686. The Labute approximate surface area is 143 Å². The first-order valence-corrected chi connectivity index (χ1v) is 8.27. The fraction of sp³-hybridized carbons (Fsp3) is 0.824. The second-order valence-electron chi connectivity index (χ2n) is 6.81. The summed E-state index contributed by atoms with van der Waals surface area (Å²) < 4.78 is 33.9. The Morgan fingerprint density at radius 2 is 1.92 bits per heavy atom. The Hall–Kier alpha value is -0.990. The van der Waals surface area contributed by atoms with Crippen LogP contribution in [0.5, 0.6) is 0 Å². The maximum atomic E-state index is 10.9. The van der Waals surface area contributed by atoms with E-state index in [1.165, 1.54) is 0 Å². The van der Waals surface area contributed by atoms with E-state index in [1.807, 2.05) is 27.7 Å². The second kappa shape index (κ2) is 7.93. The zero-order valence-corrected chi connectivity index (χ0v) is 14.9. The highest BCUT2D eigenvalue weighted by Crippen LogP contribution is 2.35. The predicted octanol–water partition coefficient (Wildman–Crippen LogP) is 1.79. The smallest absolute Gasteiger partial charge is 0.330 e. The van der Waals surface area contributed by atoms with Crippen molar-refractivity contribution in [1.82, 2.24) is 0 Å². The quantitative estimate of drug-likeness (QED) is 0.378. The van der Waals surface area contributed by atoms with Gasteiger partial charge in [0.05, 0.1) is 19.8 Å². The van der Waals surface area contributed by atoms with E-state index in [4.69, 9.17) is 28.4 Å². The molecule has 2 aliphatic heterocycles. The normalized spacial score (nSPS) is 31.1. The van der Waals surface area contributed by atoms with E-state index in [1.54, 1.807) is 0 Å². The molecule has 2 rings (SSSR count). The van der Waals surface area contributed by atoms with E-state index >= 15 is 0 Å². The third-order valence-corrected chi connectivity index (χ3v) is 3.74. The van der Waals surface area contributed by atoms with Gasteiger partial charge in [-0.15, -0.1) is 0 Å². The topological polar surface area (TPSA) is 72.5 Å². The summed E-state index contributed by atoms with van der Waals surface area (Å²) in [7, 11) is 0. The van der Waals surface area contributed by atoms with Crippen molar-refractivity contribution in [3.8, 4) is 0 Å². The zero-order chi connectivity index (χ0) is 17.8. The van der Waals surface area contributed by atoms with Crippen LogP contribution in [-0.2, 0) is 33.2 Å². The summed E-state index contributed by atoms with van der Waals surface area (Å²) in [6.45, 7) is 12.4. The van der Waals surface area contributed by atoms with Crippen LogP contribution in [0.1, 0.15) is 34.1 Å². The Morgan fingerprint density at radius 1 is 1.17 bits per heavy atom. The lowest BCUT2D eigenvalue weighted by atomic mass is 10.1. The molecular weight excluding hydrogens is 316 g/mol. The van der Waals surface area contributed by atoms with E-state index in [0.29, 0.717) is 32.8 Å². The number of ether oxygens (including phenoxy) is 6. The molecule has 2 heterocycles. The summed E-state index contributed by atoms with van der Waals surface area (Å²) in [6, 6.07) is 0. The van der Waals surface area contributed by atoms with Crippen LogP contribution in [0.25, 0.3) is 0 Å². The van der Waals surface area contributed by atoms with Crippen molar-refractivity contribution in [1.29, 1.82) is 0 Å². The maximum Gasteiger partial charge on any atom is 0.330 e. The average Bonchev–Trinajstić information content (AvgIpc) is 3.01. The molecule has 0 radical (unpaired) electrons. The summed E-state index contributed by atoms with van der Waals surface area (Å²) in [5.41, 5.74) is 0. The number of hydrogen-bond acceptors (Lipinski definition) is 7. The lowest BCUT2D eigenvalue weighted by Gasteiger charge is -2.23. The van der Waals surface area contributed by atoms with Gasteiger partial charge in [0.1, 0.15) is 18.3 Å². The van der Waals surface area contributed by atoms with Crippen LogP contribution >= 0.6 is 0 Å². The van der Waals surface area contributed by atoms with Gasteiger partial charge in [-0.05, 0) is 27.7 Å². The lowest BCUT2D eigenvalue weighted by Crippen LogP contribution is -2.40. The van der Waals surface area contributed by atoms with E-state index in [0.717, 1.165) is 6.08 Å². The molecule has 0 aromatic carbocycles. The van der Waals surface area contributed by atoms with Crippen LogP contribution in [-0.4, -0.2) is 62.3 Å². The van der Waals surface area contributed by atoms with E-state index < -0.39 is 17.5 Å². The number of carbonyl (C=O) groups excluding carboxylic acids is 1. The molecule has 0 amide bonds. The summed E-state index contributed by atoms with van der Waals surface area (Å²) in [6.07, 6.45) is 1.07. The molecule has 7 nitrogen and oxygen atoms in total. The van der Waals surface area contributed by atoms with Crippen molar-refractivity contribution >= 4 is 5.97 Å². The number of carbonyl (C=O) groups is 1. The van der Waals surface area contributed by atoms with Gasteiger partial charge < -0.3 is 28.4 Å². The van der Waals surface area contributed by atoms with Crippen LogP contribution in [0.2, 0.25) is 0 Å². The molecule has 0 saturated carbocycles. The monoisotopic (exact) mass is 344 g/mol. The zero-order valence-electron chi connectivity index (χ0n) is 14.9. The van der Waals surface area contributed by atoms with E-state index in [9.17, 15) is 4.79 Å². The molecule has 0 aromatic heterocycles. The molecule has 3 atom stereocenters. The lowest BCUT2D eigenvalue weighted by molar-refractivity contribution is -0.175. The second-order valence-corrected chi connectivity index (χ2v) is 6.81. The van der Waals surface area contributed by atoms with Crippen molar-refractivity contribution in [3.05, 3.63) is 12.7 Å². The summed E-state index contributed by atoms with van der Waals surface area (Å²) in [5.74, 6) is -1.72. The Balaban J connectivity index is 1.75. The molecule has 0 aliphatic carbocycles. The average molecular weight is 344 g/mol. The van der Waals surface area contributed by atoms with Crippen LogP contribution < -0.4 is 0 Å². The predicted molar refractivity (Wildman–Crippen MR) is 85.3 cm³/mol. The van der Waals surface area contributed by atoms with Crippen molar-refractivity contribution in [3.63, 3.8) is 0 Å². The highest BCUT2D eigenvalue weighted by Gasteiger charge is 2.49. The number of rotatable bonds is 8. The number of hydrogen-bond donors (Lipinski definition) is 0. The van der Waals surface area contributed by atoms with Gasteiger partial charge in [-0.3, -0.25) is 0 Å². The summed E-state index contributed by atoms with van der Waals surface area (Å²) >= 11 is 0. The van der Waals surface area contributed by atoms with Gasteiger partial charge in [0.25, 0.3) is 0 Å². The van der Waals surface area contributed by atoms with E-state index in [-0.39, 0.29) is 18.3 Å². The largest absolute Gasteiger partial charge is 0.462 e. The summed E-state index contributed by atoms with van der Waals surface area (Å²) in [4.78, 5) is 10.9. The van der Waals surface area contributed by atoms with Crippen LogP contribution in [0.15, 0.2) is 12.7 Å². The first-order valence-electron chi connectivity index (χ1n) is 8.27. The molecule has 3 unspecified atom stereocenters. The third-order valence-electron chi connectivity index (χ3n) is 3.74.